The Bertz CT molecular complexity index is 813. The van der Waals surface area contributed by atoms with Crippen LogP contribution >= 0.6 is 0 Å². The van der Waals surface area contributed by atoms with Crippen molar-refractivity contribution in [2.75, 3.05) is 13.1 Å². The molecule has 0 saturated carbocycles. The van der Waals surface area contributed by atoms with E-state index in [-0.39, 0.29) is 12.5 Å². The van der Waals surface area contributed by atoms with Crippen LogP contribution in [0.1, 0.15) is 76.5 Å². The molecule has 2 rings (SSSR count). The highest BCUT2D eigenvalue weighted by molar-refractivity contribution is 5.71. The third-order valence-corrected chi connectivity index (χ3v) is 5.84. The van der Waals surface area contributed by atoms with Crippen molar-refractivity contribution in [2.45, 2.75) is 78.5 Å². The Morgan fingerprint density at radius 2 is 1.75 bits per heavy atom. The summed E-state index contributed by atoms with van der Waals surface area (Å²) in [6.07, 6.45) is 2.37. The largest absolute Gasteiger partial charge is 0.412 e. The van der Waals surface area contributed by atoms with E-state index in [1.54, 1.807) is 6.07 Å². The minimum atomic E-state index is -0.436. The second-order valence-corrected chi connectivity index (χ2v) is 8.88. The molecule has 2 aromatic carbocycles. The van der Waals surface area contributed by atoms with Crippen molar-refractivity contribution in [3.63, 3.8) is 0 Å². The number of unbranched alkanes of at least 4 members (excludes halogenated alkanes) is 1. The Hall–Kier alpha value is -2.37. The molecule has 5 nitrogen and oxygen atoms in total. The molecule has 0 fully saturated rings. The van der Waals surface area contributed by atoms with Crippen LogP contribution in [-0.4, -0.2) is 41.3 Å². The predicted octanol–water partition coefficient (Wildman–Crippen LogP) is 5.71. The van der Waals surface area contributed by atoms with Crippen molar-refractivity contribution in [1.82, 2.24) is 10.2 Å². The summed E-state index contributed by atoms with van der Waals surface area (Å²) in [5, 5.41) is 12.6. The van der Waals surface area contributed by atoms with Crippen LogP contribution in [0.2, 0.25) is 0 Å². The van der Waals surface area contributed by atoms with Crippen molar-refractivity contribution >= 4 is 6.09 Å². The van der Waals surface area contributed by atoms with Crippen molar-refractivity contribution in [3.05, 3.63) is 65.2 Å². The van der Waals surface area contributed by atoms with Gasteiger partial charge in [0.2, 0.25) is 0 Å². The number of carbonyl (C=O) groups is 1. The number of aliphatic hydroxyl groups excluding tert-OH is 1. The summed E-state index contributed by atoms with van der Waals surface area (Å²) in [5.41, 5.74) is 2.91. The summed E-state index contributed by atoms with van der Waals surface area (Å²) in [6, 6.07) is 16.8. The molecule has 1 unspecified atom stereocenters. The molecule has 0 heterocycles. The van der Waals surface area contributed by atoms with Gasteiger partial charge in [-0.05, 0) is 70.3 Å². The number of amides is 1. The first-order valence-electron chi connectivity index (χ1n) is 11.9. The lowest BCUT2D eigenvalue weighted by atomic mass is 9.86. The van der Waals surface area contributed by atoms with Gasteiger partial charge in [0.05, 0.1) is 6.61 Å². The molecule has 0 aliphatic heterocycles. The Morgan fingerprint density at radius 3 is 2.34 bits per heavy atom. The van der Waals surface area contributed by atoms with Gasteiger partial charge in [-0.3, -0.25) is 4.90 Å². The van der Waals surface area contributed by atoms with Gasteiger partial charge < -0.3 is 15.2 Å². The zero-order chi connectivity index (χ0) is 23.5. The summed E-state index contributed by atoms with van der Waals surface area (Å²) < 4.78 is 5.75. The molecule has 0 radical (unpaired) electrons. The third kappa shape index (κ3) is 7.64. The van der Waals surface area contributed by atoms with E-state index in [4.69, 9.17) is 4.74 Å². The van der Waals surface area contributed by atoms with E-state index < -0.39 is 6.09 Å². The molecule has 1 atom stereocenters. The standard InChI is InChI=1S/C27H40N2O3/c1-6-7-16-28-27(31)32-26-14-13-22(19-30)18-25(26)24(23-11-9-8-10-12-23)15-17-29(20(2)3)21(4)5/h8-14,18,20-21,24,30H,6-7,15-17,19H2,1-5H3,(H,28,31). The van der Waals surface area contributed by atoms with Gasteiger partial charge in [0, 0.05) is 30.1 Å². The minimum absolute atomic E-state index is 0.0427. The highest BCUT2D eigenvalue weighted by atomic mass is 16.6. The monoisotopic (exact) mass is 440 g/mol. The average molecular weight is 441 g/mol. The van der Waals surface area contributed by atoms with Crippen LogP contribution in [0.15, 0.2) is 48.5 Å². The van der Waals surface area contributed by atoms with Crippen LogP contribution < -0.4 is 10.1 Å². The molecular weight excluding hydrogens is 400 g/mol. The van der Waals surface area contributed by atoms with Gasteiger partial charge in [0.15, 0.2) is 0 Å². The number of carbonyl (C=O) groups excluding carboxylic acids is 1. The van der Waals surface area contributed by atoms with Crippen molar-refractivity contribution in [1.29, 1.82) is 0 Å². The number of nitrogens with one attached hydrogen (secondary N) is 1. The van der Waals surface area contributed by atoms with Crippen molar-refractivity contribution < 1.29 is 14.6 Å². The molecule has 0 spiro atoms. The van der Waals surface area contributed by atoms with Crippen molar-refractivity contribution in [3.8, 4) is 5.75 Å². The lowest BCUT2D eigenvalue weighted by Crippen LogP contribution is -2.38. The molecular formula is C27H40N2O3. The molecule has 1 amide bonds. The number of ether oxygens (including phenoxy) is 1. The van der Waals surface area contributed by atoms with E-state index in [2.05, 4.69) is 57.0 Å². The predicted molar refractivity (Wildman–Crippen MR) is 131 cm³/mol. The lowest BCUT2D eigenvalue weighted by molar-refractivity contribution is 0.170. The number of hydrogen-bond donors (Lipinski definition) is 2. The second-order valence-electron chi connectivity index (χ2n) is 8.88. The fraction of sp³-hybridized carbons (Fsp3) is 0.519. The first kappa shape index (κ1) is 25.9. The molecule has 0 aromatic heterocycles. The number of nitrogens with zero attached hydrogens (tertiary/aromatic N) is 1. The van der Waals surface area contributed by atoms with E-state index >= 15 is 0 Å². The summed E-state index contributed by atoms with van der Waals surface area (Å²) in [7, 11) is 0. The van der Waals surface area contributed by atoms with Gasteiger partial charge >= 0.3 is 6.09 Å². The molecule has 2 aromatic rings. The molecule has 0 bridgehead atoms. The Labute approximate surface area is 193 Å². The van der Waals surface area contributed by atoms with Crippen LogP contribution in [-0.2, 0) is 6.61 Å². The topological polar surface area (TPSA) is 61.8 Å². The van der Waals surface area contributed by atoms with Gasteiger partial charge in [-0.1, -0.05) is 49.7 Å². The normalized spacial score (nSPS) is 12.4. The van der Waals surface area contributed by atoms with Crippen LogP contribution in [0.3, 0.4) is 0 Å². The maximum absolute atomic E-state index is 12.4. The summed E-state index contributed by atoms with van der Waals surface area (Å²) in [5.74, 6) is 0.590. The molecule has 0 aliphatic rings. The highest BCUT2D eigenvalue weighted by Gasteiger charge is 2.23. The van der Waals surface area contributed by atoms with Gasteiger partial charge in [-0.2, -0.15) is 0 Å². The quantitative estimate of drug-likeness (QED) is 0.415. The van der Waals surface area contributed by atoms with E-state index in [9.17, 15) is 9.90 Å². The third-order valence-electron chi connectivity index (χ3n) is 5.84. The Kier molecular flexibility index (Phi) is 10.7. The number of benzene rings is 2. The molecule has 5 heteroatoms. The zero-order valence-corrected chi connectivity index (χ0v) is 20.3. The summed E-state index contributed by atoms with van der Waals surface area (Å²) >= 11 is 0. The number of aliphatic hydroxyl groups is 1. The van der Waals surface area contributed by atoms with Gasteiger partial charge in [-0.25, -0.2) is 4.79 Å². The fourth-order valence-electron chi connectivity index (χ4n) is 4.14. The van der Waals surface area contributed by atoms with E-state index in [0.29, 0.717) is 24.4 Å². The number of hydrogen-bond acceptors (Lipinski definition) is 4. The first-order chi connectivity index (χ1) is 15.4. The second kappa shape index (κ2) is 13.2. The molecule has 0 aliphatic carbocycles. The van der Waals surface area contributed by atoms with E-state index in [1.807, 2.05) is 30.3 Å². The van der Waals surface area contributed by atoms with Gasteiger partial charge in [-0.15, -0.1) is 0 Å². The average Bonchev–Trinajstić information content (AvgIpc) is 2.77. The molecule has 176 valence electrons. The first-order valence-corrected chi connectivity index (χ1v) is 11.9. The maximum atomic E-state index is 12.4. The van der Waals surface area contributed by atoms with Crippen LogP contribution in [0.5, 0.6) is 5.75 Å². The Morgan fingerprint density at radius 1 is 1.06 bits per heavy atom. The van der Waals surface area contributed by atoms with Crippen molar-refractivity contribution in [2.24, 2.45) is 0 Å². The number of rotatable bonds is 12. The SMILES string of the molecule is CCCCNC(=O)Oc1ccc(CO)cc1C(CCN(C(C)C)C(C)C)c1ccccc1. The summed E-state index contributed by atoms with van der Waals surface area (Å²) in [6.45, 7) is 12.4. The van der Waals surface area contributed by atoms with Crippen LogP contribution in [0, 0.1) is 0 Å². The maximum Gasteiger partial charge on any atom is 0.412 e. The van der Waals surface area contributed by atoms with Gasteiger partial charge in [0.1, 0.15) is 5.75 Å². The highest BCUT2D eigenvalue weighted by Crippen LogP contribution is 2.36. The fourth-order valence-corrected chi connectivity index (χ4v) is 4.14. The molecule has 2 N–H and O–H groups in total. The van der Waals surface area contributed by atoms with E-state index in [0.717, 1.165) is 36.9 Å². The van der Waals surface area contributed by atoms with E-state index in [1.165, 1.54) is 5.56 Å². The van der Waals surface area contributed by atoms with Crippen LogP contribution in [0.25, 0.3) is 0 Å². The minimum Gasteiger partial charge on any atom is -0.410 e. The summed E-state index contributed by atoms with van der Waals surface area (Å²) in [4.78, 5) is 14.9. The van der Waals surface area contributed by atoms with Crippen LogP contribution in [0.4, 0.5) is 4.79 Å². The zero-order valence-electron chi connectivity index (χ0n) is 20.3. The lowest BCUT2D eigenvalue weighted by Gasteiger charge is -2.32. The molecule has 0 saturated heterocycles. The van der Waals surface area contributed by atoms with Gasteiger partial charge in [0.25, 0.3) is 0 Å². The smallest absolute Gasteiger partial charge is 0.410 e. The Balaban J connectivity index is 2.39. The molecule has 32 heavy (non-hydrogen) atoms.